The molecule has 5 heteroatoms. The molecule has 4 rings (SSSR count). The molecule has 0 atom stereocenters. The van der Waals surface area contributed by atoms with Gasteiger partial charge < -0.3 is 8.98 Å². The van der Waals surface area contributed by atoms with E-state index >= 15 is 0 Å². The van der Waals surface area contributed by atoms with Crippen molar-refractivity contribution in [3.8, 4) is 23.1 Å². The van der Waals surface area contributed by atoms with Crippen molar-refractivity contribution in [1.29, 1.82) is 0 Å². The van der Waals surface area contributed by atoms with Gasteiger partial charge in [-0.1, -0.05) is 12.1 Å². The van der Waals surface area contributed by atoms with E-state index in [4.69, 9.17) is 9.40 Å². The smallest absolute Gasteiger partial charge is 0.402 e. The average Bonchev–Trinajstić information content (AvgIpc) is 3.12. The lowest BCUT2D eigenvalue weighted by molar-refractivity contribution is -0.688. The summed E-state index contributed by atoms with van der Waals surface area (Å²) in [6.07, 6.45) is 3.59. The Morgan fingerprint density at radius 1 is 1.00 bits per heavy atom. The van der Waals surface area contributed by atoms with Gasteiger partial charge in [0, 0.05) is 19.2 Å². The molecule has 0 bridgehead atoms. The number of pyridine rings is 1. The molecule has 0 radical (unpaired) electrons. The summed E-state index contributed by atoms with van der Waals surface area (Å²) in [7, 11) is 6.05. The monoisotopic (exact) mass is 306 g/mol. The van der Waals surface area contributed by atoms with E-state index in [1.807, 2.05) is 62.2 Å². The second kappa shape index (κ2) is 5.05. The lowest BCUT2D eigenvalue weighted by Gasteiger charge is -2.02. The molecule has 23 heavy (non-hydrogen) atoms. The van der Waals surface area contributed by atoms with Crippen LogP contribution in [0.3, 0.4) is 0 Å². The third-order valence-electron chi connectivity index (χ3n) is 4.25. The van der Waals surface area contributed by atoms with Crippen molar-refractivity contribution in [1.82, 2.24) is 9.55 Å². The van der Waals surface area contributed by atoms with Gasteiger partial charge in [0.25, 0.3) is 0 Å². The van der Waals surface area contributed by atoms with Crippen LogP contribution in [-0.2, 0) is 21.1 Å². The zero-order valence-corrected chi connectivity index (χ0v) is 13.4. The molecule has 0 amide bonds. The number of benzene rings is 1. The third-order valence-corrected chi connectivity index (χ3v) is 4.25. The number of oxazole rings is 1. The van der Waals surface area contributed by atoms with Crippen molar-refractivity contribution in [3.05, 3.63) is 54.9 Å². The summed E-state index contributed by atoms with van der Waals surface area (Å²) in [6, 6.07) is 14.3. The first-order valence-corrected chi connectivity index (χ1v) is 7.51. The molecule has 114 valence electrons. The maximum Gasteiger partial charge on any atom is 0.446 e. The van der Waals surface area contributed by atoms with E-state index < -0.39 is 0 Å². The van der Waals surface area contributed by atoms with Gasteiger partial charge in [0.1, 0.15) is 14.1 Å². The van der Waals surface area contributed by atoms with Gasteiger partial charge in [-0.3, -0.25) is 0 Å². The molecule has 3 aromatic heterocycles. The standard InChI is InChI=1S/C18H18N4O/c1-20-11-12-23-18(20)16-10-6-9-15(21(16)2)17-19-13-7-4-5-8-14(13)22(17)3/h4-12H,1-3H3/q+2. The van der Waals surface area contributed by atoms with E-state index in [0.717, 1.165) is 34.1 Å². The predicted octanol–water partition coefficient (Wildman–Crippen LogP) is 2.15. The molecular formula is C18H18N4O+2. The number of rotatable bonds is 2. The fourth-order valence-corrected chi connectivity index (χ4v) is 2.98. The third kappa shape index (κ3) is 2.04. The van der Waals surface area contributed by atoms with Crippen LogP contribution in [0.4, 0.5) is 0 Å². The van der Waals surface area contributed by atoms with Crippen LogP contribution >= 0.6 is 0 Å². The van der Waals surface area contributed by atoms with Gasteiger partial charge in [0.15, 0.2) is 6.26 Å². The van der Waals surface area contributed by atoms with E-state index in [0.29, 0.717) is 0 Å². The lowest BCUT2D eigenvalue weighted by Crippen LogP contribution is -2.39. The molecule has 0 unspecified atom stereocenters. The van der Waals surface area contributed by atoms with Crippen molar-refractivity contribution < 1.29 is 13.6 Å². The summed E-state index contributed by atoms with van der Waals surface area (Å²) in [5, 5.41) is 0. The van der Waals surface area contributed by atoms with Crippen molar-refractivity contribution >= 4 is 11.0 Å². The van der Waals surface area contributed by atoms with Crippen LogP contribution < -0.4 is 9.13 Å². The zero-order chi connectivity index (χ0) is 16.0. The fraction of sp³-hybridized carbons (Fsp3) is 0.167. The molecule has 1 aromatic carbocycles. The van der Waals surface area contributed by atoms with E-state index in [-0.39, 0.29) is 0 Å². The first-order chi connectivity index (χ1) is 11.2. The van der Waals surface area contributed by atoms with E-state index in [1.54, 1.807) is 6.26 Å². The van der Waals surface area contributed by atoms with Gasteiger partial charge in [0.05, 0.1) is 11.0 Å². The summed E-state index contributed by atoms with van der Waals surface area (Å²) in [4.78, 5) is 4.79. The van der Waals surface area contributed by atoms with Gasteiger partial charge in [-0.05, 0) is 18.2 Å². The molecule has 4 aromatic rings. The first kappa shape index (κ1) is 13.7. The molecule has 0 aliphatic rings. The minimum Gasteiger partial charge on any atom is -0.402 e. The molecule has 0 saturated heterocycles. The maximum atomic E-state index is 5.63. The lowest BCUT2D eigenvalue weighted by atomic mass is 10.2. The highest BCUT2D eigenvalue weighted by molar-refractivity contribution is 5.79. The Kier molecular flexibility index (Phi) is 3.01. The predicted molar refractivity (Wildman–Crippen MR) is 86.2 cm³/mol. The number of hydrogen-bond acceptors (Lipinski definition) is 2. The Bertz CT molecular complexity index is 1010. The van der Waals surface area contributed by atoms with Gasteiger partial charge in [0.2, 0.25) is 17.7 Å². The van der Waals surface area contributed by atoms with E-state index in [9.17, 15) is 0 Å². The highest BCUT2D eigenvalue weighted by atomic mass is 16.3. The highest BCUT2D eigenvalue weighted by Crippen LogP contribution is 2.22. The second-order valence-electron chi connectivity index (χ2n) is 5.66. The molecule has 0 spiro atoms. The van der Waals surface area contributed by atoms with Crippen LogP contribution in [0.15, 0.2) is 59.3 Å². The minimum absolute atomic E-state index is 0.813. The van der Waals surface area contributed by atoms with Crippen LogP contribution in [0.25, 0.3) is 34.1 Å². The molecular weight excluding hydrogens is 288 g/mol. The summed E-state index contributed by atoms with van der Waals surface area (Å²) in [5.41, 5.74) is 4.16. The Balaban J connectivity index is 1.96. The summed E-state index contributed by atoms with van der Waals surface area (Å²) in [5.74, 6) is 1.75. The number of fused-ring (bicyclic) bond motifs is 1. The van der Waals surface area contributed by atoms with Crippen LogP contribution in [0.2, 0.25) is 0 Å². The van der Waals surface area contributed by atoms with Gasteiger partial charge in [-0.15, -0.1) is 0 Å². The van der Waals surface area contributed by atoms with Crippen molar-refractivity contribution in [2.75, 3.05) is 0 Å². The van der Waals surface area contributed by atoms with E-state index in [2.05, 4.69) is 21.3 Å². The van der Waals surface area contributed by atoms with Gasteiger partial charge in [-0.2, -0.15) is 9.13 Å². The molecule has 0 saturated carbocycles. The Hall–Kier alpha value is -2.95. The topological polar surface area (TPSA) is 38.7 Å². The number of aryl methyl sites for hydroxylation is 2. The first-order valence-electron chi connectivity index (χ1n) is 7.51. The SMILES string of the molecule is Cn1c(-c2cccc(-c3occ[n+]3C)[n+]2C)nc2ccccc21. The van der Waals surface area contributed by atoms with Crippen molar-refractivity contribution in [3.63, 3.8) is 0 Å². The number of aromatic nitrogens is 4. The number of nitrogens with zero attached hydrogens (tertiary/aromatic N) is 4. The molecule has 3 heterocycles. The molecule has 5 nitrogen and oxygen atoms in total. The zero-order valence-electron chi connectivity index (χ0n) is 13.4. The van der Waals surface area contributed by atoms with Crippen LogP contribution in [0.5, 0.6) is 0 Å². The highest BCUT2D eigenvalue weighted by Gasteiger charge is 2.27. The summed E-state index contributed by atoms with van der Waals surface area (Å²) in [6.45, 7) is 0. The average molecular weight is 306 g/mol. The number of imidazole rings is 1. The van der Waals surface area contributed by atoms with Crippen LogP contribution in [0.1, 0.15) is 0 Å². The second-order valence-corrected chi connectivity index (χ2v) is 5.66. The Morgan fingerprint density at radius 2 is 1.78 bits per heavy atom. The normalized spacial score (nSPS) is 11.3. The van der Waals surface area contributed by atoms with Crippen molar-refractivity contribution in [2.45, 2.75) is 0 Å². The number of hydrogen-bond donors (Lipinski definition) is 0. The molecule has 0 fully saturated rings. The van der Waals surface area contributed by atoms with Crippen LogP contribution in [-0.4, -0.2) is 9.55 Å². The Labute approximate surface area is 134 Å². The largest absolute Gasteiger partial charge is 0.446 e. The quantitative estimate of drug-likeness (QED) is 0.532. The molecule has 0 aliphatic carbocycles. The molecule has 0 N–H and O–H groups in total. The van der Waals surface area contributed by atoms with Crippen LogP contribution in [0, 0.1) is 0 Å². The fourth-order valence-electron chi connectivity index (χ4n) is 2.98. The van der Waals surface area contributed by atoms with E-state index in [1.165, 1.54) is 0 Å². The Morgan fingerprint density at radius 3 is 2.52 bits per heavy atom. The van der Waals surface area contributed by atoms with Crippen molar-refractivity contribution in [2.24, 2.45) is 21.1 Å². The van der Waals surface area contributed by atoms with Gasteiger partial charge in [-0.25, -0.2) is 4.98 Å². The summed E-state index contributed by atoms with van der Waals surface area (Å²) >= 11 is 0. The minimum atomic E-state index is 0.813. The molecule has 0 aliphatic heterocycles. The maximum absolute atomic E-state index is 5.63. The summed E-state index contributed by atoms with van der Waals surface area (Å²) < 4.78 is 11.8. The number of para-hydroxylation sites is 2. The van der Waals surface area contributed by atoms with Gasteiger partial charge >= 0.3 is 11.6 Å².